The number of nitrogens with one attached hydrogen (secondary N) is 2. The Labute approximate surface area is 175 Å². The molecule has 1 heterocycles. The molecule has 0 amide bonds. The molecule has 0 saturated carbocycles. The van der Waals surface area contributed by atoms with Crippen LogP contribution in [0.1, 0.15) is 98.4 Å². The molecule has 0 radical (unpaired) electrons. The van der Waals surface area contributed by atoms with Crippen molar-refractivity contribution in [1.82, 2.24) is 4.98 Å². The first-order chi connectivity index (χ1) is 13.9. The van der Waals surface area contributed by atoms with E-state index in [2.05, 4.69) is 69.9 Å². The van der Waals surface area contributed by atoms with E-state index < -0.39 is 0 Å². The number of aromatic nitrogens is 1. The molecule has 0 bridgehead atoms. The summed E-state index contributed by atoms with van der Waals surface area (Å²) in [5.41, 5.74) is 10.9. The second kappa shape index (κ2) is 7.48. The van der Waals surface area contributed by atoms with Crippen molar-refractivity contribution in [2.45, 2.75) is 78.1 Å². The Hall–Kier alpha value is -2.35. The molecule has 0 saturated heterocycles. The maximum atomic E-state index is 7.65. The lowest BCUT2D eigenvalue weighted by molar-refractivity contribution is 0.538. The van der Waals surface area contributed by atoms with Gasteiger partial charge < -0.3 is 10.4 Å². The molecule has 152 valence electrons. The molecule has 2 N–H and O–H groups in total. The molecule has 2 aromatic carbocycles. The average Bonchev–Trinajstić information content (AvgIpc) is 3.10. The van der Waals surface area contributed by atoms with Gasteiger partial charge in [-0.2, -0.15) is 0 Å². The summed E-state index contributed by atoms with van der Waals surface area (Å²) >= 11 is 0. The topological polar surface area (TPSA) is 39.6 Å². The highest BCUT2D eigenvalue weighted by atomic mass is 14.8. The van der Waals surface area contributed by atoms with Crippen LogP contribution in [0.25, 0.3) is 10.9 Å². The van der Waals surface area contributed by atoms with Crippen molar-refractivity contribution in [3.8, 4) is 0 Å². The molecule has 0 spiro atoms. The molecule has 1 unspecified atom stereocenters. The third-order valence-corrected chi connectivity index (χ3v) is 7.04. The van der Waals surface area contributed by atoms with Crippen molar-refractivity contribution in [1.29, 1.82) is 5.41 Å². The van der Waals surface area contributed by atoms with Crippen molar-refractivity contribution in [2.24, 2.45) is 0 Å². The normalized spacial score (nSPS) is 17.2. The highest BCUT2D eigenvalue weighted by Crippen LogP contribution is 2.51. The summed E-state index contributed by atoms with van der Waals surface area (Å²) in [6.45, 7) is 11.5. The standard InChI is InChI=1S/C27H34N2/c1-6-8-9-10-20-22-15-19(7-2)17(3)13-23(22)27(4,5)26-25(20)21-12-11-18(16-28)14-24(21)29-26/h11-16,20,28-29H,6-10H2,1-5H3. The number of fused-ring (bicyclic) bond motifs is 4. The number of hydrogen-bond acceptors (Lipinski definition) is 1. The van der Waals surface area contributed by atoms with Crippen molar-refractivity contribution in [2.75, 3.05) is 0 Å². The predicted octanol–water partition coefficient (Wildman–Crippen LogP) is 7.39. The van der Waals surface area contributed by atoms with Crippen LogP contribution < -0.4 is 0 Å². The number of unbranched alkanes of at least 4 members (excludes halogenated alkanes) is 2. The lowest BCUT2D eigenvalue weighted by atomic mass is 9.65. The number of rotatable bonds is 6. The van der Waals surface area contributed by atoms with Gasteiger partial charge in [-0.15, -0.1) is 0 Å². The van der Waals surface area contributed by atoms with Crippen LogP contribution in [0.15, 0.2) is 30.3 Å². The Kier molecular flexibility index (Phi) is 5.14. The van der Waals surface area contributed by atoms with Crippen molar-refractivity contribution in [3.63, 3.8) is 0 Å². The van der Waals surface area contributed by atoms with E-state index in [4.69, 9.17) is 5.41 Å². The fourth-order valence-electron chi connectivity index (χ4n) is 5.35. The second-order valence-corrected chi connectivity index (χ2v) is 9.26. The van der Waals surface area contributed by atoms with Crippen LogP contribution in [0.3, 0.4) is 0 Å². The highest BCUT2D eigenvalue weighted by molar-refractivity contribution is 5.92. The Bertz CT molecular complexity index is 1070. The molecule has 4 rings (SSSR count). The van der Waals surface area contributed by atoms with Crippen LogP contribution in [-0.4, -0.2) is 11.2 Å². The van der Waals surface area contributed by atoms with Gasteiger partial charge in [-0.05, 0) is 59.2 Å². The van der Waals surface area contributed by atoms with Gasteiger partial charge in [0.15, 0.2) is 0 Å². The minimum Gasteiger partial charge on any atom is -0.357 e. The molecular formula is C27H34N2. The zero-order chi connectivity index (χ0) is 20.8. The Morgan fingerprint density at radius 3 is 2.59 bits per heavy atom. The average molecular weight is 387 g/mol. The summed E-state index contributed by atoms with van der Waals surface area (Å²) in [4.78, 5) is 3.79. The van der Waals surface area contributed by atoms with E-state index in [0.29, 0.717) is 5.92 Å². The fraction of sp³-hybridized carbons (Fsp3) is 0.444. The summed E-state index contributed by atoms with van der Waals surface area (Å²) in [6, 6.07) is 11.4. The van der Waals surface area contributed by atoms with E-state index >= 15 is 0 Å². The smallest absolute Gasteiger partial charge is 0.0466 e. The molecule has 2 heteroatoms. The van der Waals surface area contributed by atoms with E-state index in [1.165, 1.54) is 76.3 Å². The van der Waals surface area contributed by atoms with Crippen LogP contribution >= 0.6 is 0 Å². The molecule has 0 fully saturated rings. The van der Waals surface area contributed by atoms with Gasteiger partial charge in [0, 0.05) is 34.1 Å². The number of benzene rings is 2. The van der Waals surface area contributed by atoms with Crippen molar-refractivity contribution in [3.05, 3.63) is 69.4 Å². The van der Waals surface area contributed by atoms with Crippen molar-refractivity contribution < 1.29 is 0 Å². The first-order valence-electron chi connectivity index (χ1n) is 11.2. The summed E-state index contributed by atoms with van der Waals surface area (Å²) in [5.74, 6) is 0.449. The van der Waals surface area contributed by atoms with Gasteiger partial charge in [0.2, 0.25) is 0 Å². The maximum absolute atomic E-state index is 7.65. The van der Waals surface area contributed by atoms with Crippen LogP contribution in [0.5, 0.6) is 0 Å². The Morgan fingerprint density at radius 1 is 1.10 bits per heavy atom. The van der Waals surface area contributed by atoms with Gasteiger partial charge in [-0.25, -0.2) is 0 Å². The van der Waals surface area contributed by atoms with Crippen molar-refractivity contribution >= 4 is 17.1 Å². The quantitative estimate of drug-likeness (QED) is 0.327. The predicted molar refractivity (Wildman–Crippen MR) is 125 cm³/mol. The zero-order valence-corrected chi connectivity index (χ0v) is 18.6. The lowest BCUT2D eigenvalue weighted by Crippen LogP contribution is -2.30. The molecule has 0 aliphatic heterocycles. The first-order valence-corrected chi connectivity index (χ1v) is 11.2. The van der Waals surface area contributed by atoms with E-state index in [-0.39, 0.29) is 5.41 Å². The largest absolute Gasteiger partial charge is 0.357 e. The number of H-pyrrole nitrogens is 1. The second-order valence-electron chi connectivity index (χ2n) is 9.26. The molecule has 1 aromatic heterocycles. The molecule has 1 atom stereocenters. The van der Waals surface area contributed by atoms with Gasteiger partial charge in [0.05, 0.1) is 0 Å². The molecule has 2 nitrogen and oxygen atoms in total. The third kappa shape index (κ3) is 3.13. The van der Waals surface area contributed by atoms with E-state index in [1.54, 1.807) is 0 Å². The SMILES string of the molecule is CCCCCC1c2cc(CC)c(C)cc2C(C)(C)c2[nH]c3cc(C=N)ccc3c21. The van der Waals surface area contributed by atoms with Crippen LogP contribution in [0.4, 0.5) is 0 Å². The minimum absolute atomic E-state index is 0.0488. The number of aryl methyl sites for hydroxylation is 2. The van der Waals surface area contributed by atoms with Gasteiger partial charge in [-0.1, -0.05) is 71.2 Å². The minimum atomic E-state index is -0.0488. The zero-order valence-electron chi connectivity index (χ0n) is 18.6. The van der Waals surface area contributed by atoms with Gasteiger partial charge in [0.1, 0.15) is 0 Å². The van der Waals surface area contributed by atoms with E-state index in [0.717, 1.165) is 12.0 Å². The summed E-state index contributed by atoms with van der Waals surface area (Å²) in [6.07, 6.45) is 7.54. The van der Waals surface area contributed by atoms with Gasteiger partial charge >= 0.3 is 0 Å². The van der Waals surface area contributed by atoms with E-state index in [9.17, 15) is 0 Å². The summed E-state index contributed by atoms with van der Waals surface area (Å²) in [5, 5.41) is 8.98. The van der Waals surface area contributed by atoms with Crippen LogP contribution in [0.2, 0.25) is 0 Å². The first kappa shape index (κ1) is 19.9. The Balaban J connectivity index is 1.99. The fourth-order valence-corrected chi connectivity index (χ4v) is 5.35. The molecule has 1 aliphatic carbocycles. The van der Waals surface area contributed by atoms with Gasteiger partial charge in [0.25, 0.3) is 0 Å². The molecule has 1 aliphatic rings. The molecule has 29 heavy (non-hydrogen) atoms. The number of aromatic amines is 1. The number of hydrogen-bond donors (Lipinski definition) is 2. The van der Waals surface area contributed by atoms with Crippen LogP contribution in [0, 0.1) is 12.3 Å². The monoisotopic (exact) mass is 386 g/mol. The summed E-state index contributed by atoms with van der Waals surface area (Å²) in [7, 11) is 0. The third-order valence-electron chi connectivity index (χ3n) is 7.04. The Morgan fingerprint density at radius 2 is 1.90 bits per heavy atom. The highest BCUT2D eigenvalue weighted by Gasteiger charge is 2.40. The summed E-state index contributed by atoms with van der Waals surface area (Å²) < 4.78 is 0. The molecule has 3 aromatic rings. The van der Waals surface area contributed by atoms with E-state index in [1.807, 2.05) is 0 Å². The van der Waals surface area contributed by atoms with Gasteiger partial charge in [-0.3, -0.25) is 0 Å². The van der Waals surface area contributed by atoms with Crippen LogP contribution in [-0.2, 0) is 11.8 Å². The maximum Gasteiger partial charge on any atom is 0.0466 e. The lowest BCUT2D eigenvalue weighted by Gasteiger charge is -2.38. The molecular weight excluding hydrogens is 352 g/mol.